The van der Waals surface area contributed by atoms with Crippen molar-refractivity contribution < 1.29 is 17.6 Å². The summed E-state index contributed by atoms with van der Waals surface area (Å²) < 4.78 is 56.6. The van der Waals surface area contributed by atoms with E-state index in [1.54, 1.807) is 0 Å². The molecule has 1 unspecified atom stereocenters. The molecule has 2 aliphatic rings. The fraction of sp³-hybridized carbons (Fsp3) is 0.520. The molecule has 2 aliphatic carbocycles. The first-order valence-corrected chi connectivity index (χ1v) is 10.9. The van der Waals surface area contributed by atoms with Crippen molar-refractivity contribution in [2.24, 2.45) is 17.8 Å². The van der Waals surface area contributed by atoms with Crippen LogP contribution in [-0.2, 0) is 0 Å². The average molecular weight is 404 g/mol. The van der Waals surface area contributed by atoms with Gasteiger partial charge in [0.15, 0.2) is 0 Å². The molecule has 0 bridgehead atoms. The second kappa shape index (κ2) is 8.49. The van der Waals surface area contributed by atoms with E-state index in [-0.39, 0.29) is 17.0 Å². The van der Waals surface area contributed by atoms with E-state index in [1.165, 1.54) is 44.2 Å². The van der Waals surface area contributed by atoms with E-state index in [4.69, 9.17) is 0 Å². The number of rotatable bonds is 4. The Balaban J connectivity index is 1.53. The quantitative estimate of drug-likeness (QED) is 0.453. The highest BCUT2D eigenvalue weighted by atomic mass is 19.1. The summed E-state index contributed by atoms with van der Waals surface area (Å²) in [4.78, 5) is 0. The normalized spacial score (nSPS) is 26.9. The summed E-state index contributed by atoms with van der Waals surface area (Å²) in [5, 5.41) is 0. The average Bonchev–Trinajstić information content (AvgIpc) is 2.66. The van der Waals surface area contributed by atoms with Crippen LogP contribution in [0.3, 0.4) is 0 Å². The van der Waals surface area contributed by atoms with E-state index in [2.05, 4.69) is 6.92 Å². The smallest absolute Gasteiger partial charge is 0.134 e. The third kappa shape index (κ3) is 4.36. The highest BCUT2D eigenvalue weighted by molar-refractivity contribution is 5.65. The summed E-state index contributed by atoms with van der Waals surface area (Å²) in [6.07, 6.45) is 9.40. The minimum absolute atomic E-state index is 0.109. The molecule has 2 saturated carbocycles. The molecule has 0 aromatic heterocycles. The molecule has 0 N–H and O–H groups in total. The Morgan fingerprint density at radius 1 is 0.759 bits per heavy atom. The molecule has 2 aromatic rings. The SMILES string of the molecule is CCCC1CC[C@@H]2C[C@H](c3cc(F)c(-c4cc(F)cc(F)c4)c(F)c3)CC[C@@H]2C1. The van der Waals surface area contributed by atoms with Gasteiger partial charge in [-0.25, -0.2) is 17.6 Å². The van der Waals surface area contributed by atoms with Gasteiger partial charge >= 0.3 is 0 Å². The molecule has 2 aromatic carbocycles. The van der Waals surface area contributed by atoms with E-state index < -0.39 is 23.3 Å². The van der Waals surface area contributed by atoms with Crippen molar-refractivity contribution in [2.75, 3.05) is 0 Å². The van der Waals surface area contributed by atoms with Gasteiger partial charge in [-0.05, 0) is 91.2 Å². The molecule has 4 atom stereocenters. The van der Waals surface area contributed by atoms with Gasteiger partial charge in [0.05, 0.1) is 5.56 Å². The number of hydrogen-bond donors (Lipinski definition) is 0. The van der Waals surface area contributed by atoms with Crippen LogP contribution in [0.25, 0.3) is 11.1 Å². The Hall–Kier alpha value is -1.84. The van der Waals surface area contributed by atoms with Crippen molar-refractivity contribution >= 4 is 0 Å². The molecule has 4 rings (SSSR count). The van der Waals surface area contributed by atoms with Crippen LogP contribution in [0.2, 0.25) is 0 Å². The van der Waals surface area contributed by atoms with E-state index in [0.29, 0.717) is 17.5 Å². The fourth-order valence-corrected chi connectivity index (χ4v) is 5.76. The molecule has 0 amide bonds. The summed E-state index contributed by atoms with van der Waals surface area (Å²) in [6, 6.07) is 5.36. The Kier molecular flexibility index (Phi) is 5.98. The predicted octanol–water partition coefficient (Wildman–Crippen LogP) is 8.01. The van der Waals surface area contributed by atoms with Gasteiger partial charge in [-0.2, -0.15) is 0 Å². The molecule has 0 radical (unpaired) electrons. The van der Waals surface area contributed by atoms with Gasteiger partial charge in [0.2, 0.25) is 0 Å². The van der Waals surface area contributed by atoms with Gasteiger partial charge in [-0.3, -0.25) is 0 Å². The van der Waals surface area contributed by atoms with Gasteiger partial charge in [0.25, 0.3) is 0 Å². The summed E-state index contributed by atoms with van der Waals surface area (Å²) in [5.74, 6) is -0.803. The Morgan fingerprint density at radius 3 is 2.03 bits per heavy atom. The van der Waals surface area contributed by atoms with Crippen LogP contribution in [-0.4, -0.2) is 0 Å². The fourth-order valence-electron chi connectivity index (χ4n) is 5.76. The minimum atomic E-state index is -0.847. The van der Waals surface area contributed by atoms with Crippen LogP contribution >= 0.6 is 0 Å². The first-order valence-electron chi connectivity index (χ1n) is 10.9. The number of benzene rings is 2. The summed E-state index contributed by atoms with van der Waals surface area (Å²) in [6.45, 7) is 2.24. The molecule has 0 heterocycles. The first-order chi connectivity index (χ1) is 13.9. The third-order valence-corrected chi connectivity index (χ3v) is 7.11. The number of hydrogen-bond acceptors (Lipinski definition) is 0. The molecule has 0 saturated heterocycles. The van der Waals surface area contributed by atoms with Crippen molar-refractivity contribution in [2.45, 2.75) is 64.2 Å². The third-order valence-electron chi connectivity index (χ3n) is 7.11. The van der Waals surface area contributed by atoms with Crippen molar-refractivity contribution in [3.8, 4) is 11.1 Å². The van der Waals surface area contributed by atoms with Crippen molar-refractivity contribution in [3.63, 3.8) is 0 Å². The zero-order valence-corrected chi connectivity index (χ0v) is 16.9. The van der Waals surface area contributed by atoms with Crippen LogP contribution in [0.15, 0.2) is 30.3 Å². The van der Waals surface area contributed by atoms with Crippen LogP contribution < -0.4 is 0 Å². The molecule has 0 aliphatic heterocycles. The Morgan fingerprint density at radius 2 is 1.38 bits per heavy atom. The molecular weight excluding hydrogens is 376 g/mol. The summed E-state index contributed by atoms with van der Waals surface area (Å²) in [7, 11) is 0. The van der Waals surface area contributed by atoms with Gasteiger partial charge in [0.1, 0.15) is 23.3 Å². The lowest BCUT2D eigenvalue weighted by atomic mass is 9.63. The van der Waals surface area contributed by atoms with E-state index >= 15 is 0 Å². The maximum Gasteiger partial charge on any atom is 0.134 e. The molecule has 0 nitrogen and oxygen atoms in total. The van der Waals surface area contributed by atoms with Crippen molar-refractivity contribution in [3.05, 3.63) is 59.2 Å². The van der Waals surface area contributed by atoms with Crippen LogP contribution in [0.4, 0.5) is 17.6 Å². The van der Waals surface area contributed by atoms with E-state index in [9.17, 15) is 17.6 Å². The Labute approximate surface area is 170 Å². The molecular formula is C25H28F4. The van der Waals surface area contributed by atoms with Gasteiger partial charge < -0.3 is 0 Å². The van der Waals surface area contributed by atoms with Gasteiger partial charge in [0, 0.05) is 6.07 Å². The van der Waals surface area contributed by atoms with Gasteiger partial charge in [-0.1, -0.05) is 26.2 Å². The molecule has 156 valence electrons. The topological polar surface area (TPSA) is 0 Å². The predicted molar refractivity (Wildman–Crippen MR) is 108 cm³/mol. The minimum Gasteiger partial charge on any atom is -0.207 e. The Bertz CT molecular complexity index is 832. The lowest BCUT2D eigenvalue weighted by molar-refractivity contribution is 0.114. The molecule has 0 spiro atoms. The first kappa shape index (κ1) is 20.4. The number of halogens is 4. The second-order valence-electron chi connectivity index (χ2n) is 9.02. The zero-order chi connectivity index (χ0) is 20.5. The molecule has 4 heteroatoms. The largest absolute Gasteiger partial charge is 0.207 e. The van der Waals surface area contributed by atoms with Gasteiger partial charge in [-0.15, -0.1) is 0 Å². The highest BCUT2D eigenvalue weighted by Gasteiger charge is 2.36. The number of fused-ring (bicyclic) bond motifs is 1. The monoisotopic (exact) mass is 404 g/mol. The zero-order valence-electron chi connectivity index (χ0n) is 16.9. The van der Waals surface area contributed by atoms with E-state index in [1.807, 2.05) is 0 Å². The maximum absolute atomic E-state index is 14.8. The van der Waals surface area contributed by atoms with E-state index in [0.717, 1.165) is 43.2 Å². The maximum atomic E-state index is 14.8. The standard InChI is InChI=1S/C25H28F4/c1-2-3-15-4-5-17-9-18(7-6-16(17)8-15)19-12-23(28)25(24(29)13-19)20-10-21(26)14-22(27)11-20/h10-18H,2-9H2,1H3/t15?,16-,17-,18-/m1/s1. The van der Waals surface area contributed by atoms with Crippen LogP contribution in [0.5, 0.6) is 0 Å². The van der Waals surface area contributed by atoms with Crippen molar-refractivity contribution in [1.29, 1.82) is 0 Å². The second-order valence-corrected chi connectivity index (χ2v) is 9.02. The van der Waals surface area contributed by atoms with Crippen molar-refractivity contribution in [1.82, 2.24) is 0 Å². The van der Waals surface area contributed by atoms with Crippen LogP contribution in [0.1, 0.15) is 69.8 Å². The lowest BCUT2D eigenvalue weighted by Crippen LogP contribution is -2.30. The van der Waals surface area contributed by atoms with Crippen LogP contribution in [0, 0.1) is 41.0 Å². The highest BCUT2D eigenvalue weighted by Crippen LogP contribution is 2.48. The summed E-state index contributed by atoms with van der Waals surface area (Å²) >= 11 is 0. The molecule has 29 heavy (non-hydrogen) atoms. The summed E-state index contributed by atoms with van der Waals surface area (Å²) in [5.41, 5.74) is 0.206. The molecule has 2 fully saturated rings. The lowest BCUT2D eigenvalue weighted by Gasteiger charge is -2.42.